The fraction of sp³-hybridized carbons (Fsp3) is 0.647. The van der Waals surface area contributed by atoms with Gasteiger partial charge in [-0.3, -0.25) is 24.3 Å². The second-order valence-electron chi connectivity index (χ2n) is 19.5. The number of carbonyl (C=O) groups is 4. The average Bonchev–Trinajstić information content (AvgIpc) is 3.84. The predicted molar refractivity (Wildman–Crippen MR) is 250 cm³/mol. The van der Waals surface area contributed by atoms with Gasteiger partial charge in [0.2, 0.25) is 0 Å². The number of hydrogen-bond donors (Lipinski definition) is 1. The molecule has 0 saturated carbocycles. The molecule has 1 amide bonds. The van der Waals surface area contributed by atoms with E-state index >= 15 is 4.79 Å². The number of carbonyl (C=O) groups excluding carboxylic acids is 4. The molecule has 67 heavy (non-hydrogen) atoms. The summed E-state index contributed by atoms with van der Waals surface area (Å²) in [6.07, 6.45) is 4.37. The van der Waals surface area contributed by atoms with Crippen LogP contribution in [0.25, 0.3) is 11.0 Å². The van der Waals surface area contributed by atoms with Gasteiger partial charge in [-0.25, -0.2) is 9.78 Å². The smallest absolute Gasteiger partial charge is 0.410 e. The van der Waals surface area contributed by atoms with E-state index in [-0.39, 0.29) is 37.2 Å². The van der Waals surface area contributed by atoms with Crippen molar-refractivity contribution in [3.05, 3.63) is 73.3 Å². The van der Waals surface area contributed by atoms with E-state index in [1.165, 1.54) is 7.11 Å². The third-order valence-corrected chi connectivity index (χ3v) is 14.6. The molecule has 0 radical (unpaired) electrons. The van der Waals surface area contributed by atoms with Crippen LogP contribution < -0.4 is 0 Å². The number of aromatic nitrogens is 3. The van der Waals surface area contributed by atoms with Crippen LogP contribution in [-0.2, 0) is 55.8 Å². The van der Waals surface area contributed by atoms with E-state index in [1.54, 1.807) is 62.5 Å². The topological polar surface area (TPSA) is 181 Å². The minimum atomic E-state index is -1.44. The van der Waals surface area contributed by atoms with Crippen LogP contribution in [0.2, 0.25) is 0 Å². The van der Waals surface area contributed by atoms with E-state index in [0.717, 1.165) is 11.0 Å². The van der Waals surface area contributed by atoms with Gasteiger partial charge in [-0.1, -0.05) is 39.8 Å². The van der Waals surface area contributed by atoms with Gasteiger partial charge in [0.15, 0.2) is 11.9 Å². The lowest BCUT2D eigenvalue weighted by Crippen LogP contribution is -2.61. The molecular formula is C51H73N5O11. The summed E-state index contributed by atoms with van der Waals surface area (Å²) in [6, 6.07) is 8.24. The molecule has 368 valence electrons. The average molecular weight is 932 g/mol. The van der Waals surface area contributed by atoms with Gasteiger partial charge in [-0.2, -0.15) is 0 Å². The maximum absolute atomic E-state index is 15.1. The number of rotatable bonds is 15. The van der Waals surface area contributed by atoms with Gasteiger partial charge in [0, 0.05) is 80.7 Å². The van der Waals surface area contributed by atoms with E-state index in [4.69, 9.17) is 28.4 Å². The molecule has 6 rings (SSSR count). The van der Waals surface area contributed by atoms with E-state index in [0.29, 0.717) is 44.5 Å². The zero-order chi connectivity index (χ0) is 48.8. The van der Waals surface area contributed by atoms with E-state index in [9.17, 15) is 19.5 Å². The molecule has 3 aliphatic rings. The zero-order valence-electron chi connectivity index (χ0n) is 41.0. The van der Waals surface area contributed by atoms with E-state index in [2.05, 4.69) is 21.1 Å². The molecule has 3 aromatic rings. The maximum atomic E-state index is 15.1. The fourth-order valence-electron chi connectivity index (χ4n) is 11.0. The van der Waals surface area contributed by atoms with Gasteiger partial charge in [0.05, 0.1) is 36.2 Å². The summed E-state index contributed by atoms with van der Waals surface area (Å²) in [5.74, 6) is -4.84. The quantitative estimate of drug-likeness (QED) is 0.0749. The van der Waals surface area contributed by atoms with Gasteiger partial charge >= 0.3 is 18.0 Å². The Kier molecular flexibility index (Phi) is 17.1. The number of aryl methyl sites for hydroxylation is 1. The molecule has 0 unspecified atom stereocenters. The van der Waals surface area contributed by atoms with Crippen LogP contribution in [0.1, 0.15) is 93.1 Å². The maximum Gasteiger partial charge on any atom is 0.410 e. The number of amides is 1. The SMILES string of the molecule is C=CCN(C)[C@H]1C[C@@H](C)O[C@@H](O[C@@H]2[C@@H](C)[C@H](OC(=O)Cc3cccnc3)[C@@H](C)C(=O)O[C@H](CC)[C@@]3(C)OC(=O)N(CCCCn4ccc5cccnc54)[C@@H]3[C@@H](C)C(=O)[C@H](C)C[C@@]2(C)OC)[C@@H]1O. The number of fused-ring (bicyclic) bond motifs is 2. The first-order chi connectivity index (χ1) is 31.9. The molecular weight excluding hydrogens is 859 g/mol. The summed E-state index contributed by atoms with van der Waals surface area (Å²) in [4.78, 5) is 70.2. The molecule has 6 heterocycles. The molecule has 14 atom stereocenters. The lowest BCUT2D eigenvalue weighted by atomic mass is 9.73. The number of aliphatic hydroxyl groups excluding tert-OH is 1. The van der Waals surface area contributed by atoms with Gasteiger partial charge in [0.25, 0.3) is 0 Å². The molecule has 0 spiro atoms. The number of unbranched alkanes of at least 4 members (excludes halogenated alkanes) is 1. The molecule has 3 fully saturated rings. The molecule has 3 saturated heterocycles. The van der Waals surface area contributed by atoms with Gasteiger partial charge in [-0.15, -0.1) is 6.58 Å². The fourth-order valence-corrected chi connectivity index (χ4v) is 11.0. The Labute approximate surface area is 395 Å². The molecule has 0 aromatic carbocycles. The van der Waals surface area contributed by atoms with Crippen LogP contribution in [-0.4, -0.2) is 141 Å². The highest BCUT2D eigenvalue weighted by molar-refractivity contribution is 5.85. The Balaban J connectivity index is 1.37. The Morgan fingerprint density at radius 1 is 1.04 bits per heavy atom. The summed E-state index contributed by atoms with van der Waals surface area (Å²) in [7, 11) is 3.42. The minimum Gasteiger partial charge on any atom is -0.461 e. The lowest BCUT2D eigenvalue weighted by Gasteiger charge is -2.48. The number of ketones is 1. The highest BCUT2D eigenvalue weighted by Crippen LogP contribution is 2.44. The van der Waals surface area contributed by atoms with Gasteiger partial charge in [-0.05, 0) is 96.7 Å². The first-order valence-corrected chi connectivity index (χ1v) is 23.9. The van der Waals surface area contributed by atoms with Crippen molar-refractivity contribution in [3.63, 3.8) is 0 Å². The summed E-state index contributed by atoms with van der Waals surface area (Å²) in [5, 5.41) is 13.0. The van der Waals surface area contributed by atoms with Crippen molar-refractivity contribution in [2.45, 2.75) is 161 Å². The minimum absolute atomic E-state index is 0.114. The highest BCUT2D eigenvalue weighted by Gasteiger charge is 2.60. The Morgan fingerprint density at radius 3 is 2.46 bits per heavy atom. The Hall–Kier alpha value is -4.74. The second kappa shape index (κ2) is 22.1. The largest absolute Gasteiger partial charge is 0.461 e. The second-order valence-corrected chi connectivity index (χ2v) is 19.5. The normalized spacial score (nSPS) is 34.3. The standard InChI is InChI=1S/C51H73N5O11/c1-12-23-54(10)38-27-32(4)63-48(42(38)59)66-45-34(6)43(65-40(57)28-36-18-16-21-52-30-36)35(7)47(60)64-39(13-2)51(9)44(33(5)41(58)31(3)29-50(45,8)62-11)56(49(61)67-51)25-15-14-24-55-26-20-37-19-17-22-53-46(37)55/h12,16-22,26,30-35,38-39,42-45,48,59H,1,13-15,23-25,27-29H2,2-11H3/t31-,32-,33+,34+,35-,38+,39-,42-,43+,44-,45-,48+,50-,51-/m1/s1. The molecule has 3 aliphatic heterocycles. The summed E-state index contributed by atoms with van der Waals surface area (Å²) in [6.45, 7) is 19.7. The van der Waals surface area contributed by atoms with Crippen molar-refractivity contribution in [2.75, 3.05) is 27.2 Å². The van der Waals surface area contributed by atoms with Gasteiger partial charge in [0.1, 0.15) is 29.7 Å². The van der Waals surface area contributed by atoms with Gasteiger partial charge < -0.3 is 43.0 Å². The van der Waals surface area contributed by atoms with Crippen molar-refractivity contribution in [1.82, 2.24) is 24.3 Å². The van der Waals surface area contributed by atoms with Crippen LogP contribution in [0.3, 0.4) is 0 Å². The molecule has 16 heteroatoms. The number of pyridine rings is 2. The Bertz CT molecular complexity index is 2170. The number of nitrogens with zero attached hydrogens (tertiary/aromatic N) is 5. The number of esters is 2. The third-order valence-electron chi connectivity index (χ3n) is 14.6. The van der Waals surface area contributed by atoms with Crippen molar-refractivity contribution in [3.8, 4) is 0 Å². The monoisotopic (exact) mass is 932 g/mol. The highest BCUT2D eigenvalue weighted by atomic mass is 16.7. The number of hydrogen-bond acceptors (Lipinski definition) is 14. The number of methoxy groups -OCH3 is 1. The molecule has 1 N–H and O–H groups in total. The Morgan fingerprint density at radius 2 is 1.78 bits per heavy atom. The molecule has 0 bridgehead atoms. The number of aliphatic hydroxyl groups is 1. The van der Waals surface area contributed by atoms with Crippen molar-refractivity contribution >= 4 is 34.8 Å². The molecule has 0 aliphatic carbocycles. The van der Waals surface area contributed by atoms with Crippen LogP contribution in [0, 0.1) is 23.7 Å². The number of ether oxygens (including phenoxy) is 6. The van der Waals surface area contributed by atoms with Crippen molar-refractivity contribution < 1.29 is 52.7 Å². The summed E-state index contributed by atoms with van der Waals surface area (Å²) < 4.78 is 40.8. The van der Waals surface area contributed by atoms with Crippen LogP contribution in [0.4, 0.5) is 4.79 Å². The van der Waals surface area contributed by atoms with Crippen molar-refractivity contribution in [1.29, 1.82) is 0 Å². The van der Waals surface area contributed by atoms with E-state index in [1.807, 2.05) is 71.0 Å². The van der Waals surface area contributed by atoms with Crippen LogP contribution in [0.15, 0.2) is 67.8 Å². The van der Waals surface area contributed by atoms with Crippen LogP contribution in [0.5, 0.6) is 0 Å². The predicted octanol–water partition coefficient (Wildman–Crippen LogP) is 6.56. The first kappa shape index (κ1) is 51.6. The first-order valence-electron chi connectivity index (χ1n) is 23.9. The van der Waals surface area contributed by atoms with Crippen molar-refractivity contribution in [2.24, 2.45) is 23.7 Å². The number of cyclic esters (lactones) is 1. The summed E-state index contributed by atoms with van der Waals surface area (Å²) >= 11 is 0. The lowest BCUT2D eigenvalue weighted by molar-refractivity contribution is -0.302. The molecule has 16 nitrogen and oxygen atoms in total. The number of likely N-dealkylation sites (N-methyl/N-ethyl adjacent to an activating group) is 1. The van der Waals surface area contributed by atoms with E-state index < -0.39 is 89.7 Å². The molecule has 3 aromatic heterocycles. The summed E-state index contributed by atoms with van der Waals surface area (Å²) in [5.41, 5.74) is -1.25. The zero-order valence-corrected chi connectivity index (χ0v) is 41.0. The van der Waals surface area contributed by atoms with Crippen LogP contribution >= 0.6 is 0 Å². The third kappa shape index (κ3) is 11.3. The number of Topliss-reactive ketones (excluding diaryl/α,β-unsaturated/α-hetero) is 1.